The van der Waals surface area contributed by atoms with Crippen LogP contribution in [0.2, 0.25) is 10.0 Å². The molecule has 4 rings (SSSR count). The second-order valence-corrected chi connectivity index (χ2v) is 9.07. The molecule has 3 aromatic rings. The number of benzene rings is 2. The molecule has 0 aliphatic carbocycles. The molecular formula is C24H23Cl2N3O4S. The van der Waals surface area contributed by atoms with Crippen molar-refractivity contribution in [3.05, 3.63) is 63.3 Å². The Balaban J connectivity index is 1.99. The van der Waals surface area contributed by atoms with E-state index >= 15 is 0 Å². The number of rotatable bonds is 8. The zero-order chi connectivity index (χ0) is 24.4. The van der Waals surface area contributed by atoms with Gasteiger partial charge in [-0.15, -0.1) is 0 Å². The maximum atomic E-state index is 13.6. The normalized spacial score (nSPS) is 14.9. The van der Waals surface area contributed by atoms with E-state index < -0.39 is 6.04 Å². The quantitative estimate of drug-likeness (QED) is 0.292. The lowest BCUT2D eigenvalue weighted by Gasteiger charge is -2.26. The molecule has 10 heteroatoms. The molecule has 7 nitrogen and oxygen atoms in total. The number of hydrogen-bond acceptors (Lipinski definition) is 7. The minimum absolute atomic E-state index is 0.198. The fourth-order valence-corrected chi connectivity index (χ4v) is 4.91. The molecule has 1 atom stereocenters. The first-order valence-corrected chi connectivity index (χ1v) is 12.3. The molecule has 0 radical (unpaired) electrons. The molecule has 0 spiro atoms. The van der Waals surface area contributed by atoms with Crippen molar-refractivity contribution in [2.75, 3.05) is 40.7 Å². The lowest BCUT2D eigenvalue weighted by atomic mass is 9.95. The summed E-state index contributed by atoms with van der Waals surface area (Å²) in [7, 11) is 4.75. The third-order valence-electron chi connectivity index (χ3n) is 5.60. The van der Waals surface area contributed by atoms with Crippen LogP contribution in [0.3, 0.4) is 0 Å². The molecule has 2 aromatic carbocycles. The predicted molar refractivity (Wildman–Crippen MR) is 134 cm³/mol. The highest BCUT2D eigenvalue weighted by atomic mass is 35.5. The summed E-state index contributed by atoms with van der Waals surface area (Å²) in [6.45, 7) is 0.733. The van der Waals surface area contributed by atoms with Crippen LogP contribution in [-0.2, 0) is 4.74 Å². The van der Waals surface area contributed by atoms with Crippen molar-refractivity contribution < 1.29 is 19.0 Å². The maximum absolute atomic E-state index is 13.6. The first-order chi connectivity index (χ1) is 16.4. The minimum atomic E-state index is -0.477. The van der Waals surface area contributed by atoms with Gasteiger partial charge < -0.3 is 19.1 Å². The highest BCUT2D eigenvalue weighted by molar-refractivity contribution is 7.98. The fraction of sp³-hybridized carbons (Fsp3) is 0.292. The van der Waals surface area contributed by atoms with Crippen LogP contribution < -0.4 is 9.47 Å². The first kappa shape index (κ1) is 24.6. The van der Waals surface area contributed by atoms with E-state index in [4.69, 9.17) is 42.4 Å². The summed E-state index contributed by atoms with van der Waals surface area (Å²) in [4.78, 5) is 24.7. The van der Waals surface area contributed by atoms with E-state index in [1.54, 1.807) is 38.4 Å². The zero-order valence-corrected chi connectivity index (χ0v) is 21.4. The molecule has 0 saturated carbocycles. The third-order valence-corrected chi connectivity index (χ3v) is 6.70. The molecule has 0 bridgehead atoms. The van der Waals surface area contributed by atoms with Crippen LogP contribution in [0, 0.1) is 0 Å². The average Bonchev–Trinajstić information content (AvgIpc) is 3.13. The monoisotopic (exact) mass is 519 g/mol. The molecular weight excluding hydrogens is 497 g/mol. The van der Waals surface area contributed by atoms with Crippen LogP contribution in [0.5, 0.6) is 11.5 Å². The summed E-state index contributed by atoms with van der Waals surface area (Å²) in [5.41, 5.74) is 3.11. The summed E-state index contributed by atoms with van der Waals surface area (Å²) in [6.07, 6.45) is 1.86. The molecule has 0 fully saturated rings. The van der Waals surface area contributed by atoms with E-state index in [0.717, 1.165) is 5.56 Å². The van der Waals surface area contributed by atoms with Crippen molar-refractivity contribution in [1.29, 1.82) is 0 Å². The second kappa shape index (κ2) is 10.4. The van der Waals surface area contributed by atoms with Crippen LogP contribution in [0.4, 0.5) is 0 Å². The Morgan fingerprint density at radius 2 is 1.74 bits per heavy atom. The van der Waals surface area contributed by atoms with E-state index in [1.165, 1.54) is 11.8 Å². The number of amides is 1. The van der Waals surface area contributed by atoms with Crippen LogP contribution >= 0.6 is 35.0 Å². The average molecular weight is 520 g/mol. The number of fused-ring (bicyclic) bond motifs is 1. The number of hydrogen-bond donors (Lipinski definition) is 0. The second-order valence-electron chi connectivity index (χ2n) is 7.45. The lowest BCUT2D eigenvalue weighted by Crippen LogP contribution is -2.32. The fourth-order valence-electron chi connectivity index (χ4n) is 4.05. The van der Waals surface area contributed by atoms with Crippen molar-refractivity contribution >= 4 is 40.9 Å². The van der Waals surface area contributed by atoms with Crippen LogP contribution in [0.1, 0.15) is 27.7 Å². The van der Waals surface area contributed by atoms with Gasteiger partial charge in [-0.3, -0.25) is 4.79 Å². The van der Waals surface area contributed by atoms with Gasteiger partial charge in [0.2, 0.25) is 0 Å². The number of halogens is 2. The summed E-state index contributed by atoms with van der Waals surface area (Å²) >= 11 is 14.1. The van der Waals surface area contributed by atoms with E-state index in [2.05, 4.69) is 4.98 Å². The summed E-state index contributed by atoms with van der Waals surface area (Å²) in [6, 6.07) is 10.3. The van der Waals surface area contributed by atoms with Crippen molar-refractivity contribution in [1.82, 2.24) is 14.9 Å². The van der Waals surface area contributed by atoms with E-state index in [0.29, 0.717) is 62.4 Å². The topological polar surface area (TPSA) is 73.8 Å². The number of aromatic nitrogens is 2. The minimum Gasteiger partial charge on any atom is -0.493 e. The largest absolute Gasteiger partial charge is 0.493 e. The molecule has 1 aromatic heterocycles. The third kappa shape index (κ3) is 4.43. The lowest BCUT2D eigenvalue weighted by molar-refractivity contribution is 0.0679. The number of carbonyl (C=O) groups is 1. The van der Waals surface area contributed by atoms with Gasteiger partial charge in [0.05, 0.1) is 37.6 Å². The Hall–Kier alpha value is -2.52. The van der Waals surface area contributed by atoms with Gasteiger partial charge in [-0.25, -0.2) is 9.97 Å². The highest BCUT2D eigenvalue weighted by Crippen LogP contribution is 2.46. The van der Waals surface area contributed by atoms with Crippen LogP contribution in [-0.4, -0.2) is 61.5 Å². The molecule has 1 amide bonds. The summed E-state index contributed by atoms with van der Waals surface area (Å²) in [5.74, 6) is 0.949. The molecule has 2 heterocycles. The number of carbonyl (C=O) groups excluding carboxylic acids is 1. The summed E-state index contributed by atoms with van der Waals surface area (Å²) < 4.78 is 16.2. The summed E-state index contributed by atoms with van der Waals surface area (Å²) in [5, 5.41) is 1.43. The van der Waals surface area contributed by atoms with Crippen molar-refractivity contribution in [3.63, 3.8) is 0 Å². The molecule has 1 unspecified atom stereocenters. The molecule has 34 heavy (non-hydrogen) atoms. The number of thioether (sulfide) groups is 1. The van der Waals surface area contributed by atoms with E-state index in [-0.39, 0.29) is 5.91 Å². The van der Waals surface area contributed by atoms with Crippen molar-refractivity contribution in [2.45, 2.75) is 11.2 Å². The van der Waals surface area contributed by atoms with Gasteiger partial charge in [0, 0.05) is 29.8 Å². The Kier molecular flexibility index (Phi) is 7.52. The SMILES string of the molecule is COCCN1C(=O)c2nc(SC)nc(-c3ccc(Cl)cc3Cl)c2C1c1ccc(OC)c(OC)c1. The number of ether oxygens (including phenoxy) is 3. The molecule has 0 N–H and O–H groups in total. The van der Waals surface area contributed by atoms with Gasteiger partial charge in [0.1, 0.15) is 5.69 Å². The van der Waals surface area contributed by atoms with Crippen molar-refractivity contribution in [2.24, 2.45) is 0 Å². The smallest absolute Gasteiger partial charge is 0.273 e. The van der Waals surface area contributed by atoms with Gasteiger partial charge in [-0.2, -0.15) is 0 Å². The zero-order valence-electron chi connectivity index (χ0n) is 19.1. The van der Waals surface area contributed by atoms with E-state index in [9.17, 15) is 4.79 Å². The van der Waals surface area contributed by atoms with Gasteiger partial charge >= 0.3 is 0 Å². The van der Waals surface area contributed by atoms with Gasteiger partial charge in [0.25, 0.3) is 5.91 Å². The van der Waals surface area contributed by atoms with Gasteiger partial charge in [-0.05, 0) is 42.2 Å². The maximum Gasteiger partial charge on any atom is 0.273 e. The van der Waals surface area contributed by atoms with Gasteiger partial charge in [-0.1, -0.05) is 41.0 Å². The Bertz CT molecular complexity index is 1240. The van der Waals surface area contributed by atoms with E-state index in [1.807, 2.05) is 30.5 Å². The first-order valence-electron chi connectivity index (χ1n) is 10.4. The molecule has 1 aliphatic heterocycles. The highest BCUT2D eigenvalue weighted by Gasteiger charge is 2.42. The van der Waals surface area contributed by atoms with Crippen molar-refractivity contribution in [3.8, 4) is 22.8 Å². The Morgan fingerprint density at radius 3 is 2.38 bits per heavy atom. The van der Waals surface area contributed by atoms with Gasteiger partial charge in [0.15, 0.2) is 16.7 Å². The molecule has 1 aliphatic rings. The number of nitrogens with zero attached hydrogens (tertiary/aromatic N) is 3. The standard InChI is InChI=1S/C24H23Cl2N3O4S/c1-31-10-9-29-22(13-5-8-17(32-2)18(11-13)33-3)19-20(15-7-6-14(25)12-16(15)26)27-24(34-4)28-21(19)23(29)30/h5-8,11-12,22H,9-10H2,1-4H3. The van der Waals surface area contributed by atoms with Crippen LogP contribution in [0.15, 0.2) is 41.6 Å². The predicted octanol–water partition coefficient (Wildman–Crippen LogP) is 5.38. The molecule has 0 saturated heterocycles. The Labute approximate surface area is 212 Å². The number of methoxy groups -OCH3 is 3. The molecule has 178 valence electrons. The Morgan fingerprint density at radius 1 is 1.00 bits per heavy atom. The van der Waals surface area contributed by atoms with Crippen LogP contribution in [0.25, 0.3) is 11.3 Å².